The molecule has 0 aliphatic carbocycles. The summed E-state index contributed by atoms with van der Waals surface area (Å²) in [6.45, 7) is 1.05. The molecule has 0 radical (unpaired) electrons. The molecule has 1 unspecified atom stereocenters. The Morgan fingerprint density at radius 3 is 2.34 bits per heavy atom. The fraction of sp³-hybridized carbons (Fsp3) is 0.391. The van der Waals surface area contributed by atoms with Gasteiger partial charge in [-0.25, -0.2) is 0 Å². The van der Waals surface area contributed by atoms with Crippen molar-refractivity contribution >= 4 is 11.8 Å². The SMILES string of the molecule is CN(C)C(=O)COc1ccccc1C(=O)N1CCC(C(O)c2ccccc2)CC1. The molecule has 1 N–H and O–H groups in total. The molecule has 1 fully saturated rings. The summed E-state index contributed by atoms with van der Waals surface area (Å²) in [5.41, 5.74) is 1.38. The average molecular weight is 396 g/mol. The van der Waals surface area contributed by atoms with E-state index in [1.165, 1.54) is 4.90 Å². The molecule has 2 aromatic rings. The Hall–Kier alpha value is -2.86. The highest BCUT2D eigenvalue weighted by atomic mass is 16.5. The van der Waals surface area contributed by atoms with Gasteiger partial charge < -0.3 is 19.6 Å². The minimum absolute atomic E-state index is 0.106. The smallest absolute Gasteiger partial charge is 0.259 e. The summed E-state index contributed by atoms with van der Waals surface area (Å²) in [5.74, 6) is 0.276. The highest BCUT2D eigenvalue weighted by Gasteiger charge is 2.29. The zero-order chi connectivity index (χ0) is 20.8. The number of aliphatic hydroxyl groups is 1. The van der Waals surface area contributed by atoms with Crippen molar-refractivity contribution in [2.45, 2.75) is 18.9 Å². The van der Waals surface area contributed by atoms with Crippen molar-refractivity contribution in [1.82, 2.24) is 9.80 Å². The van der Waals surface area contributed by atoms with E-state index >= 15 is 0 Å². The summed E-state index contributed by atoms with van der Waals surface area (Å²) in [6, 6.07) is 16.7. The molecule has 3 rings (SSSR count). The number of hydrogen-bond acceptors (Lipinski definition) is 4. The van der Waals surface area contributed by atoms with Crippen LogP contribution in [0.5, 0.6) is 5.75 Å². The van der Waals surface area contributed by atoms with Crippen LogP contribution in [0, 0.1) is 5.92 Å². The molecule has 1 aliphatic heterocycles. The topological polar surface area (TPSA) is 70.1 Å². The molecular weight excluding hydrogens is 368 g/mol. The van der Waals surface area contributed by atoms with E-state index in [4.69, 9.17) is 4.74 Å². The molecular formula is C23H28N2O4. The van der Waals surface area contributed by atoms with Crippen molar-refractivity contribution in [2.24, 2.45) is 5.92 Å². The lowest BCUT2D eigenvalue weighted by atomic mass is 9.87. The third kappa shape index (κ3) is 5.15. The summed E-state index contributed by atoms with van der Waals surface area (Å²) < 4.78 is 5.61. The van der Waals surface area contributed by atoms with Crippen molar-refractivity contribution < 1.29 is 19.4 Å². The van der Waals surface area contributed by atoms with Gasteiger partial charge in [0.05, 0.1) is 11.7 Å². The van der Waals surface area contributed by atoms with Crippen LogP contribution >= 0.6 is 0 Å². The number of piperidine rings is 1. The zero-order valence-electron chi connectivity index (χ0n) is 17.0. The third-order valence-corrected chi connectivity index (χ3v) is 5.38. The lowest BCUT2D eigenvalue weighted by Crippen LogP contribution is -2.40. The van der Waals surface area contributed by atoms with Gasteiger partial charge in [-0.2, -0.15) is 0 Å². The molecule has 0 aromatic heterocycles. The molecule has 2 amide bonds. The largest absolute Gasteiger partial charge is 0.483 e. The number of carbonyl (C=O) groups is 2. The number of benzene rings is 2. The van der Waals surface area contributed by atoms with Crippen LogP contribution in [-0.4, -0.2) is 60.5 Å². The van der Waals surface area contributed by atoms with Crippen molar-refractivity contribution in [1.29, 1.82) is 0 Å². The number of ether oxygens (including phenoxy) is 1. The Bertz CT molecular complexity index is 830. The van der Waals surface area contributed by atoms with Crippen LogP contribution < -0.4 is 4.74 Å². The molecule has 1 atom stereocenters. The van der Waals surface area contributed by atoms with Gasteiger partial charge in [-0.3, -0.25) is 9.59 Å². The van der Waals surface area contributed by atoms with Crippen molar-refractivity contribution in [2.75, 3.05) is 33.8 Å². The Labute approximate surface area is 171 Å². The first-order valence-corrected chi connectivity index (χ1v) is 9.91. The van der Waals surface area contributed by atoms with E-state index in [9.17, 15) is 14.7 Å². The van der Waals surface area contributed by atoms with E-state index < -0.39 is 6.10 Å². The number of para-hydroxylation sites is 1. The molecule has 1 saturated heterocycles. The standard InChI is InChI=1S/C23H28N2O4/c1-24(2)21(26)16-29-20-11-7-6-10-19(20)23(28)25-14-12-18(13-15-25)22(27)17-8-4-3-5-9-17/h3-11,18,22,27H,12-16H2,1-2H3. The van der Waals surface area contributed by atoms with Crippen LogP contribution in [0.2, 0.25) is 0 Å². The van der Waals surface area contributed by atoms with E-state index in [-0.39, 0.29) is 24.3 Å². The van der Waals surface area contributed by atoms with Crippen LogP contribution in [0.3, 0.4) is 0 Å². The first-order chi connectivity index (χ1) is 14.0. The van der Waals surface area contributed by atoms with Gasteiger partial charge in [0.2, 0.25) is 0 Å². The minimum atomic E-state index is -0.513. The van der Waals surface area contributed by atoms with Crippen LogP contribution in [0.4, 0.5) is 0 Å². The number of amides is 2. The monoisotopic (exact) mass is 396 g/mol. The van der Waals surface area contributed by atoms with Crippen LogP contribution in [0.25, 0.3) is 0 Å². The first kappa shape index (κ1) is 20.9. The molecule has 6 heteroatoms. The molecule has 6 nitrogen and oxygen atoms in total. The minimum Gasteiger partial charge on any atom is -0.483 e. The van der Waals surface area contributed by atoms with Crippen LogP contribution in [0.1, 0.15) is 34.9 Å². The van der Waals surface area contributed by atoms with Gasteiger partial charge in [-0.15, -0.1) is 0 Å². The van der Waals surface area contributed by atoms with Gasteiger partial charge in [0.1, 0.15) is 5.75 Å². The fourth-order valence-corrected chi connectivity index (χ4v) is 3.55. The molecule has 1 heterocycles. The van der Waals surface area contributed by atoms with E-state index in [0.717, 1.165) is 18.4 Å². The maximum atomic E-state index is 13.0. The number of nitrogens with zero attached hydrogens (tertiary/aromatic N) is 2. The highest BCUT2D eigenvalue weighted by molar-refractivity contribution is 5.97. The Morgan fingerprint density at radius 2 is 1.69 bits per heavy atom. The lowest BCUT2D eigenvalue weighted by Gasteiger charge is -2.34. The van der Waals surface area contributed by atoms with Crippen LogP contribution in [-0.2, 0) is 4.79 Å². The molecule has 1 aliphatic rings. The Balaban J connectivity index is 1.62. The van der Waals surface area contributed by atoms with Crippen LogP contribution in [0.15, 0.2) is 54.6 Å². The number of aliphatic hydroxyl groups excluding tert-OH is 1. The maximum absolute atomic E-state index is 13.0. The Morgan fingerprint density at radius 1 is 1.07 bits per heavy atom. The molecule has 29 heavy (non-hydrogen) atoms. The average Bonchev–Trinajstić information content (AvgIpc) is 2.77. The normalized spacial score (nSPS) is 15.6. The van der Waals surface area contributed by atoms with Gasteiger partial charge >= 0.3 is 0 Å². The van der Waals surface area contributed by atoms with Crippen molar-refractivity contribution in [3.05, 3.63) is 65.7 Å². The number of likely N-dealkylation sites (tertiary alicyclic amines) is 1. The summed E-state index contributed by atoms with van der Waals surface area (Å²) in [7, 11) is 3.33. The molecule has 0 saturated carbocycles. The van der Waals surface area contributed by atoms with Gasteiger partial charge in [0.25, 0.3) is 11.8 Å². The maximum Gasteiger partial charge on any atom is 0.259 e. The van der Waals surface area contributed by atoms with Gasteiger partial charge in [0.15, 0.2) is 6.61 Å². The summed E-state index contributed by atoms with van der Waals surface area (Å²) >= 11 is 0. The zero-order valence-corrected chi connectivity index (χ0v) is 17.0. The highest BCUT2D eigenvalue weighted by Crippen LogP contribution is 2.31. The Kier molecular flexibility index (Phi) is 6.88. The van der Waals surface area contributed by atoms with E-state index in [1.54, 1.807) is 43.3 Å². The summed E-state index contributed by atoms with van der Waals surface area (Å²) in [4.78, 5) is 28.1. The second-order valence-corrected chi connectivity index (χ2v) is 7.56. The quantitative estimate of drug-likeness (QED) is 0.815. The van der Waals surface area contributed by atoms with E-state index in [0.29, 0.717) is 24.4 Å². The first-order valence-electron chi connectivity index (χ1n) is 9.91. The predicted octanol–water partition coefficient (Wildman–Crippen LogP) is 2.74. The number of likely N-dealkylation sites (N-methyl/N-ethyl adjacent to an activating group) is 1. The summed E-state index contributed by atoms with van der Waals surface area (Å²) in [5, 5.41) is 10.6. The summed E-state index contributed by atoms with van der Waals surface area (Å²) in [6.07, 6.45) is 0.967. The molecule has 154 valence electrons. The van der Waals surface area contributed by atoms with Crippen molar-refractivity contribution in [3.8, 4) is 5.75 Å². The lowest BCUT2D eigenvalue weighted by molar-refractivity contribution is -0.130. The second-order valence-electron chi connectivity index (χ2n) is 7.56. The molecule has 0 spiro atoms. The number of hydrogen-bond donors (Lipinski definition) is 1. The van der Waals surface area contributed by atoms with E-state index in [1.807, 2.05) is 30.3 Å². The van der Waals surface area contributed by atoms with Gasteiger partial charge in [0, 0.05) is 27.2 Å². The van der Waals surface area contributed by atoms with Gasteiger partial charge in [-0.1, -0.05) is 42.5 Å². The van der Waals surface area contributed by atoms with E-state index in [2.05, 4.69) is 0 Å². The molecule has 0 bridgehead atoms. The van der Waals surface area contributed by atoms with Gasteiger partial charge in [-0.05, 0) is 36.5 Å². The predicted molar refractivity (Wildman–Crippen MR) is 111 cm³/mol. The number of carbonyl (C=O) groups excluding carboxylic acids is 2. The third-order valence-electron chi connectivity index (χ3n) is 5.38. The number of rotatable bonds is 6. The van der Waals surface area contributed by atoms with Crippen molar-refractivity contribution in [3.63, 3.8) is 0 Å². The molecule has 2 aromatic carbocycles. The second kappa shape index (κ2) is 9.56. The fourth-order valence-electron chi connectivity index (χ4n) is 3.55.